The summed E-state index contributed by atoms with van der Waals surface area (Å²) < 4.78 is 25.9. The lowest BCUT2D eigenvalue weighted by atomic mass is 9.97. The molecule has 0 aliphatic heterocycles. The van der Waals surface area contributed by atoms with Crippen molar-refractivity contribution in [1.29, 1.82) is 0 Å². The van der Waals surface area contributed by atoms with Crippen LogP contribution in [0.5, 0.6) is 0 Å². The summed E-state index contributed by atoms with van der Waals surface area (Å²) >= 11 is 1.16. The standard InChI is InChI=1S/C10H18N2O2S2/c1-10(2,3)7-12(4)16(13,14)9-5-8(11)6-15-9/h5-6H,7,11H2,1-4H3. The fraction of sp³-hybridized carbons (Fsp3) is 0.600. The maximum atomic E-state index is 12.1. The summed E-state index contributed by atoms with van der Waals surface area (Å²) in [5, 5.41) is 1.64. The molecule has 1 heterocycles. The Bertz CT molecular complexity index is 457. The first-order chi connectivity index (χ1) is 7.13. The van der Waals surface area contributed by atoms with Gasteiger partial charge in [0, 0.05) is 24.7 Å². The average Bonchev–Trinajstić information content (AvgIpc) is 2.48. The summed E-state index contributed by atoms with van der Waals surface area (Å²) in [7, 11) is -1.79. The van der Waals surface area contributed by atoms with Gasteiger partial charge in [-0.1, -0.05) is 20.8 Å². The second-order valence-corrected chi connectivity index (χ2v) is 8.20. The monoisotopic (exact) mass is 262 g/mol. The Kier molecular flexibility index (Phi) is 3.66. The topological polar surface area (TPSA) is 63.4 Å². The summed E-state index contributed by atoms with van der Waals surface area (Å²) in [5.74, 6) is 0. The number of sulfonamides is 1. The van der Waals surface area contributed by atoms with Gasteiger partial charge in [0.15, 0.2) is 0 Å². The highest BCUT2D eigenvalue weighted by Gasteiger charge is 2.26. The van der Waals surface area contributed by atoms with Gasteiger partial charge in [0.2, 0.25) is 0 Å². The molecule has 0 bridgehead atoms. The largest absolute Gasteiger partial charge is 0.398 e. The van der Waals surface area contributed by atoms with Crippen molar-refractivity contribution in [2.75, 3.05) is 19.3 Å². The van der Waals surface area contributed by atoms with Gasteiger partial charge in [0.05, 0.1) is 0 Å². The molecule has 1 rings (SSSR count). The fourth-order valence-corrected chi connectivity index (χ4v) is 4.06. The van der Waals surface area contributed by atoms with Gasteiger partial charge in [0.25, 0.3) is 10.0 Å². The highest BCUT2D eigenvalue weighted by molar-refractivity contribution is 7.91. The Morgan fingerprint density at radius 3 is 2.38 bits per heavy atom. The van der Waals surface area contributed by atoms with E-state index in [0.29, 0.717) is 16.4 Å². The minimum absolute atomic E-state index is 0.0649. The van der Waals surface area contributed by atoms with E-state index in [0.717, 1.165) is 11.3 Å². The molecular formula is C10H18N2O2S2. The van der Waals surface area contributed by atoms with Crippen molar-refractivity contribution >= 4 is 27.0 Å². The first kappa shape index (κ1) is 13.5. The van der Waals surface area contributed by atoms with Gasteiger partial charge in [-0.3, -0.25) is 0 Å². The van der Waals surface area contributed by atoms with Crippen LogP contribution < -0.4 is 5.73 Å². The maximum absolute atomic E-state index is 12.1. The van der Waals surface area contributed by atoms with E-state index in [9.17, 15) is 8.42 Å². The zero-order chi connectivity index (χ0) is 12.6. The zero-order valence-electron chi connectivity index (χ0n) is 10.0. The number of thiophene rings is 1. The molecule has 16 heavy (non-hydrogen) atoms. The summed E-state index contributed by atoms with van der Waals surface area (Å²) in [6.07, 6.45) is 0. The molecule has 1 aromatic heterocycles. The number of hydrogen-bond acceptors (Lipinski definition) is 4. The quantitative estimate of drug-likeness (QED) is 0.906. The third-order valence-electron chi connectivity index (χ3n) is 1.96. The summed E-state index contributed by atoms with van der Waals surface area (Å²) in [4.78, 5) is 0. The minimum Gasteiger partial charge on any atom is -0.398 e. The minimum atomic E-state index is -3.38. The molecule has 0 aliphatic rings. The number of nitrogens with two attached hydrogens (primary N) is 1. The fourth-order valence-electron chi connectivity index (χ4n) is 1.37. The normalized spacial score (nSPS) is 13.3. The second-order valence-electron chi connectivity index (χ2n) is 5.02. The van der Waals surface area contributed by atoms with Gasteiger partial charge in [-0.15, -0.1) is 11.3 Å². The van der Waals surface area contributed by atoms with E-state index in [1.54, 1.807) is 12.4 Å². The molecule has 0 fully saturated rings. The third kappa shape index (κ3) is 3.20. The lowest BCUT2D eigenvalue weighted by Crippen LogP contribution is -2.34. The van der Waals surface area contributed by atoms with Gasteiger partial charge in [0.1, 0.15) is 4.21 Å². The van der Waals surface area contributed by atoms with Gasteiger partial charge < -0.3 is 5.73 Å². The smallest absolute Gasteiger partial charge is 0.252 e. The molecule has 2 N–H and O–H groups in total. The van der Waals surface area contributed by atoms with Crippen LogP contribution in [0.15, 0.2) is 15.7 Å². The van der Waals surface area contributed by atoms with E-state index in [4.69, 9.17) is 5.73 Å². The van der Waals surface area contributed by atoms with Gasteiger partial charge in [-0.25, -0.2) is 8.42 Å². The molecule has 0 unspecified atom stereocenters. The van der Waals surface area contributed by atoms with Crippen LogP contribution in [0.3, 0.4) is 0 Å². The second kappa shape index (κ2) is 4.35. The summed E-state index contributed by atoms with van der Waals surface area (Å²) in [6.45, 7) is 6.48. The van der Waals surface area contributed by atoms with E-state index in [1.165, 1.54) is 10.4 Å². The van der Waals surface area contributed by atoms with Crippen molar-refractivity contribution in [3.05, 3.63) is 11.4 Å². The Hall–Kier alpha value is -0.590. The Labute approximate surface area is 101 Å². The molecule has 0 saturated carbocycles. The molecule has 0 spiro atoms. The van der Waals surface area contributed by atoms with E-state index in [1.807, 2.05) is 20.8 Å². The van der Waals surface area contributed by atoms with Crippen LogP contribution in [0.25, 0.3) is 0 Å². The van der Waals surface area contributed by atoms with Crippen LogP contribution in [-0.2, 0) is 10.0 Å². The van der Waals surface area contributed by atoms with Crippen molar-refractivity contribution in [3.63, 3.8) is 0 Å². The van der Waals surface area contributed by atoms with Crippen molar-refractivity contribution < 1.29 is 8.42 Å². The molecule has 0 aromatic carbocycles. The van der Waals surface area contributed by atoms with E-state index < -0.39 is 10.0 Å². The van der Waals surface area contributed by atoms with Crippen molar-refractivity contribution in [3.8, 4) is 0 Å². The Balaban J connectivity index is 2.95. The predicted molar refractivity (Wildman–Crippen MR) is 68.0 cm³/mol. The van der Waals surface area contributed by atoms with Crippen LogP contribution >= 0.6 is 11.3 Å². The molecule has 0 saturated heterocycles. The number of rotatable bonds is 3. The average molecular weight is 262 g/mol. The van der Waals surface area contributed by atoms with Gasteiger partial charge >= 0.3 is 0 Å². The molecular weight excluding hydrogens is 244 g/mol. The molecule has 4 nitrogen and oxygen atoms in total. The lowest BCUT2D eigenvalue weighted by molar-refractivity contribution is 0.311. The van der Waals surface area contributed by atoms with E-state index in [-0.39, 0.29) is 5.41 Å². The molecule has 6 heteroatoms. The SMILES string of the molecule is CN(CC(C)(C)C)S(=O)(=O)c1cc(N)cs1. The van der Waals surface area contributed by atoms with E-state index in [2.05, 4.69) is 0 Å². The summed E-state index contributed by atoms with van der Waals surface area (Å²) in [6, 6.07) is 1.50. The van der Waals surface area contributed by atoms with Crippen molar-refractivity contribution in [1.82, 2.24) is 4.31 Å². The predicted octanol–water partition coefficient (Wildman–Crippen LogP) is 2.00. The zero-order valence-corrected chi connectivity index (χ0v) is 11.7. The Morgan fingerprint density at radius 2 is 2.00 bits per heavy atom. The number of hydrogen-bond donors (Lipinski definition) is 1. The third-order valence-corrected chi connectivity index (χ3v) is 5.19. The molecule has 1 aromatic rings. The molecule has 0 radical (unpaired) electrons. The Morgan fingerprint density at radius 1 is 1.44 bits per heavy atom. The van der Waals surface area contributed by atoms with Gasteiger partial charge in [-0.05, 0) is 11.5 Å². The first-order valence-electron chi connectivity index (χ1n) is 4.93. The van der Waals surface area contributed by atoms with Crippen molar-refractivity contribution in [2.45, 2.75) is 25.0 Å². The van der Waals surface area contributed by atoms with Crippen LogP contribution in [0.4, 0.5) is 5.69 Å². The van der Waals surface area contributed by atoms with Crippen LogP contribution in [0, 0.1) is 5.41 Å². The van der Waals surface area contributed by atoms with Crippen molar-refractivity contribution in [2.24, 2.45) is 5.41 Å². The molecule has 0 amide bonds. The molecule has 0 atom stereocenters. The molecule has 92 valence electrons. The summed E-state index contributed by atoms with van der Waals surface area (Å²) in [5.41, 5.74) is 5.96. The van der Waals surface area contributed by atoms with Crippen LogP contribution in [0.1, 0.15) is 20.8 Å². The lowest BCUT2D eigenvalue weighted by Gasteiger charge is -2.25. The van der Waals surface area contributed by atoms with Gasteiger partial charge in [-0.2, -0.15) is 4.31 Å². The highest BCUT2D eigenvalue weighted by Crippen LogP contribution is 2.26. The number of nitrogens with zero attached hydrogens (tertiary/aromatic N) is 1. The molecule has 0 aliphatic carbocycles. The van der Waals surface area contributed by atoms with E-state index >= 15 is 0 Å². The number of anilines is 1. The number of nitrogen functional groups attached to an aromatic ring is 1. The maximum Gasteiger partial charge on any atom is 0.252 e. The van der Waals surface area contributed by atoms with Crippen LogP contribution in [0.2, 0.25) is 0 Å². The highest BCUT2D eigenvalue weighted by atomic mass is 32.2. The van der Waals surface area contributed by atoms with Crippen LogP contribution in [-0.4, -0.2) is 26.3 Å². The first-order valence-corrected chi connectivity index (χ1v) is 7.25.